The number of benzene rings is 2. The quantitative estimate of drug-likeness (QED) is 0.867. The lowest BCUT2D eigenvalue weighted by Crippen LogP contribution is -2.14. The highest BCUT2D eigenvalue weighted by Gasteiger charge is 2.11. The van der Waals surface area contributed by atoms with Crippen molar-refractivity contribution in [3.63, 3.8) is 0 Å². The molecule has 0 radical (unpaired) electrons. The summed E-state index contributed by atoms with van der Waals surface area (Å²) >= 11 is 0. The van der Waals surface area contributed by atoms with Gasteiger partial charge in [0, 0.05) is 24.5 Å². The van der Waals surface area contributed by atoms with Gasteiger partial charge < -0.3 is 15.4 Å². The van der Waals surface area contributed by atoms with Crippen LogP contribution in [0, 0.1) is 0 Å². The van der Waals surface area contributed by atoms with Crippen molar-refractivity contribution >= 4 is 11.4 Å². The van der Waals surface area contributed by atoms with Gasteiger partial charge in [0.2, 0.25) is 0 Å². The van der Waals surface area contributed by atoms with Crippen LogP contribution in [0.4, 0.5) is 11.4 Å². The topological polar surface area (TPSA) is 33.3 Å². The van der Waals surface area contributed by atoms with Crippen molar-refractivity contribution in [1.29, 1.82) is 0 Å². The molecule has 0 atom stereocenters. The summed E-state index contributed by atoms with van der Waals surface area (Å²) < 4.78 is 5.46. The summed E-state index contributed by atoms with van der Waals surface area (Å²) in [5.41, 5.74) is 5.21. The lowest BCUT2D eigenvalue weighted by molar-refractivity contribution is 0.340. The maximum Gasteiger partial charge on any atom is 0.119 e. The average molecular weight is 282 g/mol. The molecule has 0 amide bonds. The van der Waals surface area contributed by atoms with Crippen LogP contribution in [-0.4, -0.2) is 13.2 Å². The van der Waals surface area contributed by atoms with Gasteiger partial charge in [-0.3, -0.25) is 0 Å². The monoisotopic (exact) mass is 282 g/mol. The molecule has 0 unspecified atom stereocenters. The van der Waals surface area contributed by atoms with Crippen molar-refractivity contribution in [2.45, 2.75) is 26.3 Å². The second-order valence-corrected chi connectivity index (χ2v) is 5.29. The van der Waals surface area contributed by atoms with Gasteiger partial charge in [0.25, 0.3) is 0 Å². The normalized spacial score (nSPS) is 13.2. The van der Waals surface area contributed by atoms with Crippen LogP contribution in [0.2, 0.25) is 0 Å². The zero-order valence-electron chi connectivity index (χ0n) is 12.5. The molecule has 1 aliphatic rings. The van der Waals surface area contributed by atoms with Crippen LogP contribution in [0.3, 0.4) is 0 Å². The van der Waals surface area contributed by atoms with Gasteiger partial charge in [-0.2, -0.15) is 0 Å². The zero-order valence-corrected chi connectivity index (χ0v) is 12.5. The minimum atomic E-state index is 0.703. The number of rotatable bonds is 5. The van der Waals surface area contributed by atoms with Gasteiger partial charge in [-0.25, -0.2) is 0 Å². The fourth-order valence-corrected chi connectivity index (χ4v) is 2.76. The second kappa shape index (κ2) is 6.53. The summed E-state index contributed by atoms with van der Waals surface area (Å²) in [6.07, 6.45) is 2.40. The van der Waals surface area contributed by atoms with E-state index in [0.29, 0.717) is 6.61 Å². The van der Waals surface area contributed by atoms with Gasteiger partial charge in [0.05, 0.1) is 6.61 Å². The summed E-state index contributed by atoms with van der Waals surface area (Å²) in [4.78, 5) is 0. The Bertz CT molecular complexity index is 593. The molecule has 0 saturated carbocycles. The van der Waals surface area contributed by atoms with Crippen LogP contribution in [0.5, 0.6) is 5.75 Å². The summed E-state index contributed by atoms with van der Waals surface area (Å²) in [6, 6.07) is 14.7. The van der Waals surface area contributed by atoms with Gasteiger partial charge in [-0.1, -0.05) is 18.2 Å². The Balaban J connectivity index is 1.67. The first-order valence-electron chi connectivity index (χ1n) is 7.68. The smallest absolute Gasteiger partial charge is 0.119 e. The van der Waals surface area contributed by atoms with Crippen molar-refractivity contribution in [1.82, 2.24) is 0 Å². The molecule has 0 fully saturated rings. The third-order valence-corrected chi connectivity index (χ3v) is 3.81. The molecule has 3 nitrogen and oxygen atoms in total. The SMILES string of the molecule is CCOc1ccc(NCc2cccc3c2NCCC3)cc1. The van der Waals surface area contributed by atoms with E-state index in [0.717, 1.165) is 24.5 Å². The molecule has 3 heteroatoms. The second-order valence-electron chi connectivity index (χ2n) is 5.29. The Kier molecular flexibility index (Phi) is 4.29. The molecule has 110 valence electrons. The zero-order chi connectivity index (χ0) is 14.5. The van der Waals surface area contributed by atoms with E-state index in [9.17, 15) is 0 Å². The number of aryl methyl sites for hydroxylation is 1. The largest absolute Gasteiger partial charge is 0.494 e. The molecule has 1 aliphatic heterocycles. The molecule has 0 saturated heterocycles. The molecule has 21 heavy (non-hydrogen) atoms. The van der Waals surface area contributed by atoms with E-state index in [-0.39, 0.29) is 0 Å². The molecule has 1 heterocycles. The van der Waals surface area contributed by atoms with E-state index in [2.05, 4.69) is 41.0 Å². The molecule has 3 rings (SSSR count). The van der Waals surface area contributed by atoms with Crippen LogP contribution >= 0.6 is 0 Å². The van der Waals surface area contributed by atoms with Crippen molar-refractivity contribution < 1.29 is 4.74 Å². The average Bonchev–Trinajstić information content (AvgIpc) is 2.54. The number of nitrogens with one attached hydrogen (secondary N) is 2. The van der Waals surface area contributed by atoms with Crippen molar-refractivity contribution in [2.75, 3.05) is 23.8 Å². The first kappa shape index (κ1) is 13.8. The van der Waals surface area contributed by atoms with E-state index >= 15 is 0 Å². The van der Waals surface area contributed by atoms with Gasteiger partial charge in [0.1, 0.15) is 5.75 Å². The Labute approximate surface area is 126 Å². The van der Waals surface area contributed by atoms with Crippen molar-refractivity contribution in [3.05, 3.63) is 53.6 Å². The Morgan fingerprint density at radius 2 is 2.00 bits per heavy atom. The Hall–Kier alpha value is -2.16. The molecular weight excluding hydrogens is 260 g/mol. The first-order valence-corrected chi connectivity index (χ1v) is 7.68. The minimum Gasteiger partial charge on any atom is -0.494 e. The lowest BCUT2D eigenvalue weighted by atomic mass is 9.99. The predicted octanol–water partition coefficient (Wildman–Crippen LogP) is 4.06. The molecule has 2 N–H and O–H groups in total. The summed E-state index contributed by atoms with van der Waals surface area (Å²) in [5.74, 6) is 0.918. The summed E-state index contributed by atoms with van der Waals surface area (Å²) in [6.45, 7) is 4.61. The van der Waals surface area contributed by atoms with E-state index < -0.39 is 0 Å². The number of hydrogen-bond acceptors (Lipinski definition) is 3. The van der Waals surface area contributed by atoms with Crippen LogP contribution in [0.15, 0.2) is 42.5 Å². The predicted molar refractivity (Wildman–Crippen MR) is 88.2 cm³/mol. The van der Waals surface area contributed by atoms with Crippen molar-refractivity contribution in [3.8, 4) is 5.75 Å². The molecule has 0 aliphatic carbocycles. The minimum absolute atomic E-state index is 0.703. The van der Waals surface area contributed by atoms with Gasteiger partial charge >= 0.3 is 0 Å². The van der Waals surface area contributed by atoms with Crippen LogP contribution in [-0.2, 0) is 13.0 Å². The maximum atomic E-state index is 5.46. The number of ether oxygens (including phenoxy) is 1. The Morgan fingerprint density at radius 3 is 2.81 bits per heavy atom. The lowest BCUT2D eigenvalue weighted by Gasteiger charge is -2.21. The standard InChI is InChI=1S/C18H22N2O/c1-2-21-17-10-8-16(9-11-17)20-13-15-6-3-5-14-7-4-12-19-18(14)15/h3,5-6,8-11,19-20H,2,4,7,12-13H2,1H3. The van der Waals surface area contributed by atoms with Gasteiger partial charge in [-0.05, 0) is 55.2 Å². The maximum absolute atomic E-state index is 5.46. The van der Waals surface area contributed by atoms with E-state index in [1.807, 2.05) is 19.1 Å². The molecular formula is C18H22N2O. The van der Waals surface area contributed by atoms with Crippen LogP contribution < -0.4 is 15.4 Å². The van der Waals surface area contributed by atoms with Crippen LogP contribution in [0.25, 0.3) is 0 Å². The first-order chi connectivity index (χ1) is 10.4. The number of anilines is 2. The van der Waals surface area contributed by atoms with E-state index in [1.54, 1.807) is 0 Å². The van der Waals surface area contributed by atoms with Crippen molar-refractivity contribution in [2.24, 2.45) is 0 Å². The Morgan fingerprint density at radius 1 is 1.14 bits per heavy atom. The van der Waals surface area contributed by atoms with Gasteiger partial charge in [0.15, 0.2) is 0 Å². The summed E-state index contributed by atoms with van der Waals surface area (Å²) in [7, 11) is 0. The van der Waals surface area contributed by atoms with E-state index in [1.165, 1.54) is 29.7 Å². The van der Waals surface area contributed by atoms with E-state index in [4.69, 9.17) is 4.74 Å². The van der Waals surface area contributed by atoms with Gasteiger partial charge in [-0.15, -0.1) is 0 Å². The molecule has 2 aromatic carbocycles. The van der Waals surface area contributed by atoms with Crippen LogP contribution in [0.1, 0.15) is 24.5 Å². The molecule has 0 aromatic heterocycles. The highest BCUT2D eigenvalue weighted by Crippen LogP contribution is 2.27. The summed E-state index contributed by atoms with van der Waals surface area (Å²) in [5, 5.41) is 7.02. The molecule has 0 bridgehead atoms. The number of fused-ring (bicyclic) bond motifs is 1. The molecule has 0 spiro atoms. The highest BCUT2D eigenvalue weighted by molar-refractivity contribution is 5.60. The fourth-order valence-electron chi connectivity index (χ4n) is 2.76. The number of hydrogen-bond donors (Lipinski definition) is 2. The molecule has 2 aromatic rings. The third kappa shape index (κ3) is 3.30. The number of para-hydroxylation sites is 1. The fraction of sp³-hybridized carbons (Fsp3) is 0.333. The third-order valence-electron chi connectivity index (χ3n) is 3.81. The highest BCUT2D eigenvalue weighted by atomic mass is 16.5.